The van der Waals surface area contributed by atoms with Crippen LogP contribution in [0.25, 0.3) is 44.8 Å². The van der Waals surface area contributed by atoms with Crippen LogP contribution in [0, 0.1) is 4.91 Å². The summed E-state index contributed by atoms with van der Waals surface area (Å²) >= 11 is 0. The first kappa shape index (κ1) is 20.0. The zero-order chi connectivity index (χ0) is 23.3. The highest BCUT2D eigenvalue weighted by Crippen LogP contribution is 2.41. The van der Waals surface area contributed by atoms with Crippen molar-refractivity contribution >= 4 is 16.8 Å². The minimum absolute atomic E-state index is 0.0265. The van der Waals surface area contributed by atoms with Gasteiger partial charge in [-0.2, -0.15) is 0 Å². The largest absolute Gasteiger partial charge is 0.508 e. The average Bonchev–Trinajstić information content (AvgIpc) is 2.77. The number of benzene rings is 4. The fraction of sp³-hybridized carbons (Fsp3) is 0. The summed E-state index contributed by atoms with van der Waals surface area (Å²) in [5.74, 6) is -0.649. The number of nitroso groups, excluding NO2 is 1. The number of phenols is 4. The normalized spacial score (nSPS) is 11.2. The Kier molecular flexibility index (Phi) is 4.45. The predicted octanol–water partition coefficient (Wildman–Crippen LogP) is 4.85. The monoisotopic (exact) mass is 442 g/mol. The third-order valence-electron chi connectivity index (χ3n) is 5.24. The molecule has 0 atom stereocenters. The number of phenolic OH excluding ortho intramolecular Hbond substituents is 4. The molecule has 33 heavy (non-hydrogen) atoms. The number of rotatable bonds is 3. The number of aromatic hydroxyl groups is 4. The summed E-state index contributed by atoms with van der Waals surface area (Å²) in [7, 11) is 0. The lowest BCUT2D eigenvalue weighted by atomic mass is 10.0. The molecule has 0 saturated carbocycles. The van der Waals surface area contributed by atoms with E-state index in [1.54, 1.807) is 0 Å². The number of fused-ring (bicyclic) bond motifs is 2. The molecule has 0 saturated heterocycles. The Balaban J connectivity index is 1.75. The van der Waals surface area contributed by atoms with Gasteiger partial charge in [-0.25, -0.2) is 4.98 Å². The molecule has 1 aliphatic heterocycles. The third-order valence-corrected chi connectivity index (χ3v) is 5.24. The van der Waals surface area contributed by atoms with E-state index >= 15 is 0 Å². The van der Waals surface area contributed by atoms with Gasteiger partial charge in [-0.3, -0.25) is 4.79 Å². The Bertz CT molecular complexity index is 1610. The molecule has 0 amide bonds. The Morgan fingerprint density at radius 3 is 1.97 bits per heavy atom. The molecule has 162 valence electrons. The molecule has 0 unspecified atom stereocenters. The van der Waals surface area contributed by atoms with Crippen molar-refractivity contribution in [1.82, 2.24) is 4.98 Å². The molecular weight excluding hydrogens is 428 g/mol. The van der Waals surface area contributed by atoms with E-state index in [0.29, 0.717) is 11.2 Å². The third kappa shape index (κ3) is 3.37. The standard InChI is InChI=1S/C24H14N2O7/c27-11-1-3-13(20(29)5-11)15-7-18-23(9-17(15)26-32)33-24-10-22(31)16(8-19(24)25-18)14-4-2-12(28)6-21(14)30/h1-10,27-30H. The molecule has 0 fully saturated rings. The van der Waals surface area contributed by atoms with E-state index in [-0.39, 0.29) is 62.3 Å². The molecule has 1 heterocycles. The van der Waals surface area contributed by atoms with E-state index in [0.717, 1.165) is 12.1 Å². The van der Waals surface area contributed by atoms with Gasteiger partial charge in [0, 0.05) is 46.5 Å². The van der Waals surface area contributed by atoms with E-state index in [1.807, 2.05) is 0 Å². The van der Waals surface area contributed by atoms with Crippen LogP contribution in [0.3, 0.4) is 0 Å². The summed E-state index contributed by atoms with van der Waals surface area (Å²) in [4.78, 5) is 28.6. The minimum atomic E-state index is -0.437. The number of hydrogen-bond acceptors (Lipinski definition) is 9. The highest BCUT2D eigenvalue weighted by Gasteiger charge is 2.19. The molecule has 0 bridgehead atoms. The van der Waals surface area contributed by atoms with Gasteiger partial charge in [-0.05, 0) is 41.6 Å². The van der Waals surface area contributed by atoms with Crippen molar-refractivity contribution in [3.8, 4) is 56.7 Å². The Hall–Kier alpha value is -4.92. The van der Waals surface area contributed by atoms with Crippen LogP contribution in [-0.4, -0.2) is 25.4 Å². The quantitative estimate of drug-likeness (QED) is 0.228. The smallest absolute Gasteiger partial charge is 0.190 e. The topological polar surface area (TPSA) is 153 Å². The summed E-state index contributed by atoms with van der Waals surface area (Å²) in [5, 5.41) is 42.4. The summed E-state index contributed by atoms with van der Waals surface area (Å²) in [6.45, 7) is 0. The van der Waals surface area contributed by atoms with Gasteiger partial charge in [0.05, 0.1) is 0 Å². The minimum Gasteiger partial charge on any atom is -0.508 e. The second-order valence-corrected chi connectivity index (χ2v) is 7.36. The lowest BCUT2D eigenvalue weighted by Gasteiger charge is -2.12. The molecule has 0 radical (unpaired) electrons. The molecule has 3 aromatic rings. The fourth-order valence-electron chi connectivity index (χ4n) is 3.69. The molecule has 1 aliphatic carbocycles. The van der Waals surface area contributed by atoms with Gasteiger partial charge in [0.1, 0.15) is 39.9 Å². The zero-order valence-electron chi connectivity index (χ0n) is 16.7. The average molecular weight is 442 g/mol. The highest BCUT2D eigenvalue weighted by molar-refractivity contribution is 5.91. The number of nitrogens with zero attached hydrogens (tertiary/aromatic N) is 2. The van der Waals surface area contributed by atoms with E-state index in [4.69, 9.17) is 4.42 Å². The SMILES string of the molecule is O=Nc1cc2oc3cc(=O)c(-c4ccc(O)cc4O)cc-3nc2cc1-c1ccc(O)cc1O. The molecule has 9 nitrogen and oxygen atoms in total. The van der Waals surface area contributed by atoms with Crippen LogP contribution < -0.4 is 5.43 Å². The highest BCUT2D eigenvalue weighted by atomic mass is 16.3. The lowest BCUT2D eigenvalue weighted by Crippen LogP contribution is -2.06. The molecular formula is C24H14N2O7. The fourth-order valence-corrected chi connectivity index (χ4v) is 3.69. The van der Waals surface area contributed by atoms with Crippen molar-refractivity contribution in [3.05, 3.63) is 75.8 Å². The number of hydrogen-bond donors (Lipinski definition) is 4. The lowest BCUT2D eigenvalue weighted by molar-refractivity contribution is 0.451. The van der Waals surface area contributed by atoms with Gasteiger partial charge in [-0.1, -0.05) is 0 Å². The second-order valence-electron chi connectivity index (χ2n) is 7.36. The van der Waals surface area contributed by atoms with Gasteiger partial charge in [0.15, 0.2) is 16.8 Å². The van der Waals surface area contributed by atoms with E-state index in [2.05, 4.69) is 10.2 Å². The Morgan fingerprint density at radius 2 is 1.36 bits per heavy atom. The van der Waals surface area contributed by atoms with Crippen molar-refractivity contribution in [2.75, 3.05) is 0 Å². The molecule has 4 N–H and O–H groups in total. The Morgan fingerprint density at radius 1 is 0.727 bits per heavy atom. The summed E-state index contributed by atoms with van der Waals surface area (Å²) in [6, 6.07) is 13.4. The van der Waals surface area contributed by atoms with E-state index < -0.39 is 5.43 Å². The van der Waals surface area contributed by atoms with Crippen LogP contribution in [-0.2, 0) is 0 Å². The Labute approximate surface area is 184 Å². The summed E-state index contributed by atoms with van der Waals surface area (Å²) < 4.78 is 5.78. The van der Waals surface area contributed by atoms with Crippen LogP contribution in [0.1, 0.15) is 0 Å². The van der Waals surface area contributed by atoms with Crippen molar-refractivity contribution in [2.45, 2.75) is 0 Å². The van der Waals surface area contributed by atoms with Crippen LogP contribution in [0.2, 0.25) is 0 Å². The second kappa shape index (κ2) is 7.34. The van der Waals surface area contributed by atoms with Gasteiger partial charge in [0.2, 0.25) is 0 Å². The van der Waals surface area contributed by atoms with Crippen molar-refractivity contribution in [1.29, 1.82) is 0 Å². The maximum Gasteiger partial charge on any atom is 0.190 e. The van der Waals surface area contributed by atoms with Gasteiger partial charge in [0.25, 0.3) is 0 Å². The molecule has 9 heteroatoms. The molecule has 5 rings (SSSR count). The summed E-state index contributed by atoms with van der Waals surface area (Å²) in [5.41, 5.74) is 1.26. The van der Waals surface area contributed by atoms with E-state index in [9.17, 15) is 30.1 Å². The molecule has 0 aromatic heterocycles. The molecule has 3 aromatic carbocycles. The first-order chi connectivity index (χ1) is 15.8. The van der Waals surface area contributed by atoms with Crippen LogP contribution in [0.4, 0.5) is 5.69 Å². The van der Waals surface area contributed by atoms with Crippen LogP contribution in [0.5, 0.6) is 23.0 Å². The van der Waals surface area contributed by atoms with Crippen LogP contribution in [0.15, 0.2) is 75.1 Å². The first-order valence-corrected chi connectivity index (χ1v) is 9.65. The maximum atomic E-state index is 12.7. The molecule has 0 spiro atoms. The van der Waals surface area contributed by atoms with Crippen molar-refractivity contribution in [2.24, 2.45) is 5.18 Å². The molecule has 2 aliphatic rings. The maximum absolute atomic E-state index is 12.7. The zero-order valence-corrected chi connectivity index (χ0v) is 16.7. The number of aromatic nitrogens is 1. The predicted molar refractivity (Wildman–Crippen MR) is 120 cm³/mol. The van der Waals surface area contributed by atoms with Crippen molar-refractivity contribution < 1.29 is 24.8 Å². The summed E-state index contributed by atoms with van der Waals surface area (Å²) in [6.07, 6.45) is 0. The van der Waals surface area contributed by atoms with Gasteiger partial charge < -0.3 is 24.8 Å². The van der Waals surface area contributed by atoms with Gasteiger partial charge >= 0.3 is 0 Å². The van der Waals surface area contributed by atoms with E-state index in [1.165, 1.54) is 48.5 Å². The first-order valence-electron chi connectivity index (χ1n) is 9.65. The van der Waals surface area contributed by atoms with Crippen molar-refractivity contribution in [3.63, 3.8) is 0 Å². The van der Waals surface area contributed by atoms with Gasteiger partial charge in [-0.15, -0.1) is 4.91 Å². The van der Waals surface area contributed by atoms with Crippen LogP contribution >= 0.6 is 0 Å².